The van der Waals surface area contributed by atoms with Gasteiger partial charge in [0.2, 0.25) is 0 Å². The summed E-state index contributed by atoms with van der Waals surface area (Å²) in [6.07, 6.45) is 1.26. The highest BCUT2D eigenvalue weighted by molar-refractivity contribution is 9.11. The lowest BCUT2D eigenvalue weighted by atomic mass is 9.76. The van der Waals surface area contributed by atoms with Gasteiger partial charge in [-0.2, -0.15) is 9.59 Å². The highest BCUT2D eigenvalue weighted by Gasteiger charge is 2.52. The Hall–Kier alpha value is -9.93. The quantitative estimate of drug-likeness (QED) is 0.0552. The van der Waals surface area contributed by atoms with Crippen LogP contribution in [0.1, 0.15) is 152 Å². The zero-order valence-corrected chi connectivity index (χ0v) is 78.6. The third-order valence-corrected chi connectivity index (χ3v) is 25.6. The number of anilines is 5. The van der Waals surface area contributed by atoms with Crippen LogP contribution in [0.25, 0.3) is 108 Å². The van der Waals surface area contributed by atoms with Gasteiger partial charge in [0.05, 0.1) is 55.5 Å². The summed E-state index contributed by atoms with van der Waals surface area (Å²) in [5.74, 6) is -0.428. The van der Waals surface area contributed by atoms with Gasteiger partial charge in [0.15, 0.2) is 0 Å². The van der Waals surface area contributed by atoms with Crippen LogP contribution in [-0.2, 0) is 51.1 Å². The molecule has 1 saturated heterocycles. The second-order valence-electron chi connectivity index (χ2n) is 34.6. The molecule has 4 N–H and O–H groups in total. The third kappa shape index (κ3) is 19.8. The molecule has 18 rings (SSSR count). The molecule has 1 aliphatic heterocycles. The minimum atomic E-state index is -0.555. The van der Waals surface area contributed by atoms with E-state index in [2.05, 4.69) is 334 Å². The van der Waals surface area contributed by atoms with Crippen molar-refractivity contribution in [2.24, 2.45) is 0 Å². The number of nitrogen functional groups attached to an aromatic ring is 1. The maximum absolute atomic E-state index is 12.0. The maximum atomic E-state index is 12.0. The first-order chi connectivity index (χ1) is 58.3. The first-order valence-corrected chi connectivity index (χ1v) is 44.1. The van der Waals surface area contributed by atoms with Gasteiger partial charge in [-0.15, -0.1) is 0 Å². The molecule has 0 radical (unpaired) electrons. The monoisotopic (exact) mass is 1870 g/mol. The minimum absolute atomic E-state index is 0.0588. The lowest BCUT2D eigenvalue weighted by Gasteiger charge is -2.32. The Morgan fingerprint density at radius 3 is 1.16 bits per heavy atom. The minimum Gasteiger partial charge on any atom is -0.462 e. The van der Waals surface area contributed by atoms with Gasteiger partial charge in [0, 0.05) is 36.9 Å². The average molecular weight is 1870 g/mol. The van der Waals surface area contributed by atoms with Crippen LogP contribution in [0.3, 0.4) is 0 Å². The molecule has 0 atom stereocenters. The van der Waals surface area contributed by atoms with Crippen LogP contribution in [0.4, 0.5) is 28.4 Å². The number of carbonyl (C=O) groups is 2. The van der Waals surface area contributed by atoms with E-state index in [4.69, 9.17) is 65.5 Å². The van der Waals surface area contributed by atoms with E-state index in [0.717, 1.165) is 52.6 Å². The molecule has 122 heavy (non-hydrogen) atoms. The Balaban J connectivity index is 0.000000143. The van der Waals surface area contributed by atoms with Crippen molar-refractivity contribution in [2.75, 3.05) is 23.0 Å². The second kappa shape index (κ2) is 37.6. The molecule has 10 nitrogen and oxygen atoms in total. The summed E-state index contributed by atoms with van der Waals surface area (Å²) in [5.41, 5.74) is 18.5. The predicted molar refractivity (Wildman–Crippen MR) is 529 cm³/mol. The van der Waals surface area contributed by atoms with Crippen LogP contribution in [0.5, 0.6) is 0 Å². The molecule has 0 aliphatic carbocycles. The highest BCUT2D eigenvalue weighted by Crippen LogP contribution is 2.47. The number of esters is 1. The molecule has 17 aromatic carbocycles. The van der Waals surface area contributed by atoms with Crippen molar-refractivity contribution in [3.05, 3.63) is 305 Å². The number of Topliss-reactive ketones (excluding diaryl/α,β-unsaturated/α-hetero) is 1. The van der Waals surface area contributed by atoms with Crippen LogP contribution < -0.4 is 21.8 Å². The average Bonchev–Trinajstić information content (AvgIpc) is 1.37. The van der Waals surface area contributed by atoms with Gasteiger partial charge in [0.1, 0.15) is 5.78 Å². The van der Waals surface area contributed by atoms with Crippen molar-refractivity contribution in [3.8, 4) is 11.1 Å². The number of halogens is 6. The van der Waals surface area contributed by atoms with E-state index in [1.165, 1.54) is 137 Å². The van der Waals surface area contributed by atoms with Crippen molar-refractivity contribution < 1.29 is 34.6 Å². The molecule has 0 unspecified atom stereocenters. The van der Waals surface area contributed by atoms with Crippen molar-refractivity contribution >= 4 is 238 Å². The van der Waals surface area contributed by atoms with Crippen LogP contribution in [-0.4, -0.2) is 42.8 Å². The van der Waals surface area contributed by atoms with Gasteiger partial charge in [-0.25, -0.2) is 4.79 Å². The lowest BCUT2D eigenvalue weighted by molar-refractivity contribution is -0.191. The standard InChI is InChI=1S/C34H30ClN.C26H21BrClN.C16H8Br2.C15H21BO4.C10H14ClN.C3H6O.CO2/c1-5-21-8-6-7-9-25(21)26-15-10-22-12-17-28-30(18-13-23-11-16-27(26)32(22)33(23)28)36-31-19-14-24(20-29(31)35)34(2,3)4;1-26(2,3)17-8-13-23(21(28)14-17)29-22-12-7-16-4-9-18-20(27)11-6-15-5-10-19(22)25(16)24(15)18;17-13-8-4-10-2-6-12-14(18)7-3-9-1-5-11(13)16(10)15(9)12;1-6-18-13(17)11-9-7-8-10-12(11)16-19-14(2,3)15(4,5)20-16;1-10(2,3)7-4-5-9(12)8(11)6-7;1-3(2)4;2-1-3/h6-20,36H,5H2,1-4H3;4-14,29H,1-3H3;1-8H;7-10H,6H2,1-5H3;4-6H,12H2,1-3H3;1-2H3;/i;;;;;1D;. The van der Waals surface area contributed by atoms with Crippen molar-refractivity contribution in [2.45, 2.75) is 152 Å². The molecule has 0 amide bonds. The number of aryl methyl sites for hydroxylation is 1. The molecule has 1 fully saturated rings. The van der Waals surface area contributed by atoms with Gasteiger partial charge in [-0.3, -0.25) is 0 Å². The number of ketones is 1. The van der Waals surface area contributed by atoms with Crippen LogP contribution in [0, 0.1) is 0 Å². The number of hydrogen-bond acceptors (Lipinski definition) is 10. The number of nitrogens with one attached hydrogen (secondary N) is 2. The maximum Gasteiger partial charge on any atom is 0.495 e. The molecule has 0 saturated carbocycles. The van der Waals surface area contributed by atoms with E-state index < -0.39 is 18.3 Å². The summed E-state index contributed by atoms with van der Waals surface area (Å²) < 4.78 is 26.8. The van der Waals surface area contributed by atoms with Crippen LogP contribution >= 0.6 is 82.6 Å². The second-order valence-corrected chi connectivity index (χ2v) is 38.4. The molecule has 17 aromatic rings. The predicted octanol–water partition coefficient (Wildman–Crippen LogP) is 31.1. The van der Waals surface area contributed by atoms with Crippen LogP contribution in [0.2, 0.25) is 15.1 Å². The van der Waals surface area contributed by atoms with Gasteiger partial charge >= 0.3 is 19.2 Å². The molecule has 0 aromatic heterocycles. The Kier molecular flexibility index (Phi) is 27.7. The molecular formula is C105H100BBr3Cl3N3O7. The summed E-state index contributed by atoms with van der Waals surface area (Å²) in [6, 6.07) is 87.2. The molecule has 0 spiro atoms. The first-order valence-electron chi connectivity index (χ1n) is 41.3. The van der Waals surface area contributed by atoms with Gasteiger partial charge < -0.3 is 35.2 Å². The summed E-state index contributed by atoms with van der Waals surface area (Å²) in [6.45, 7) is 33.3. The van der Waals surface area contributed by atoms with Crippen molar-refractivity contribution in [1.82, 2.24) is 0 Å². The van der Waals surface area contributed by atoms with E-state index in [-0.39, 0.29) is 41.0 Å². The van der Waals surface area contributed by atoms with Gasteiger partial charge in [-0.05, 0) is 269 Å². The number of ether oxygens (including phenoxy) is 1. The SMILES string of the molecule is Brc1ccc2ccc3c(Br)ccc4ccc1c2c43.CC(C)(C)c1ccc(N)c(Cl)c1.CC(C)(C)c1ccc(Nc2ccc3ccc4c(Br)ccc5ccc2c3c54)c(Cl)c1.CCOC(=O)c1ccccc1B1OC(C)(C)C(C)(C)O1.CCc1ccccc1-c1ccc2ccc3c(Nc4ccc(C(C)(C)C)cc4Cl)ccc4ccc1c2c43.O=C=O.[2H]CC(C)=O. The van der Waals surface area contributed by atoms with Crippen molar-refractivity contribution in [3.63, 3.8) is 0 Å². The van der Waals surface area contributed by atoms with E-state index in [1.807, 2.05) is 58.0 Å². The van der Waals surface area contributed by atoms with E-state index >= 15 is 0 Å². The zero-order chi connectivity index (χ0) is 88.9. The zero-order valence-electron chi connectivity index (χ0n) is 72.6. The summed E-state index contributed by atoms with van der Waals surface area (Å²) >= 11 is 30.3. The topological polar surface area (TPSA) is 146 Å². The van der Waals surface area contributed by atoms with Crippen LogP contribution in [0.15, 0.2) is 262 Å². The Morgan fingerprint density at radius 1 is 0.443 bits per heavy atom. The molecule has 622 valence electrons. The van der Waals surface area contributed by atoms with Gasteiger partial charge in [0.25, 0.3) is 0 Å². The number of carbonyl (C=O) groups excluding carboxylic acids is 4. The Bertz CT molecular complexity index is 6700. The molecule has 1 aliphatic rings. The normalized spacial score (nSPS) is 13.1. The fraction of sp³-hybridized carbons (Fsp3) is 0.229. The smallest absolute Gasteiger partial charge is 0.462 e. The van der Waals surface area contributed by atoms with E-state index in [9.17, 15) is 9.59 Å². The molecular weight excluding hydrogens is 1770 g/mol. The number of nitrogens with two attached hydrogens (primary N) is 1. The number of benzene rings is 17. The van der Waals surface area contributed by atoms with Gasteiger partial charge in [-0.1, -0.05) is 328 Å². The number of rotatable bonds is 9. The summed E-state index contributed by atoms with van der Waals surface area (Å²) in [4.78, 5) is 37.9. The fourth-order valence-corrected chi connectivity index (χ4v) is 17.4. The molecule has 0 bridgehead atoms. The Morgan fingerprint density at radius 2 is 0.770 bits per heavy atom. The molecule has 1 heterocycles. The fourth-order valence-electron chi connectivity index (χ4n) is 15.4. The highest BCUT2D eigenvalue weighted by atomic mass is 79.9. The molecule has 17 heteroatoms. The first kappa shape index (κ1) is 89.8. The third-order valence-electron chi connectivity index (χ3n) is 22.6. The largest absolute Gasteiger partial charge is 0.495 e. The van der Waals surface area contributed by atoms with E-state index in [1.54, 1.807) is 19.1 Å². The lowest BCUT2D eigenvalue weighted by Crippen LogP contribution is -2.41. The summed E-state index contributed by atoms with van der Waals surface area (Å²) in [7, 11) is -0.555. The summed E-state index contributed by atoms with van der Waals surface area (Å²) in [5, 5.41) is 32.4. The number of hydrogen-bond donors (Lipinski definition) is 3. The Labute approximate surface area is 757 Å². The van der Waals surface area contributed by atoms with E-state index in [0.29, 0.717) is 28.3 Å². The van der Waals surface area contributed by atoms with Crippen molar-refractivity contribution in [1.29, 1.82) is 0 Å².